The fraction of sp³-hybridized carbons (Fsp3) is 0.185. The number of allylic oxidation sites excluding steroid dienone is 4. The first-order chi connectivity index (χ1) is 14.1. The van der Waals surface area contributed by atoms with Crippen LogP contribution in [0, 0.1) is 5.92 Å². The number of anilines is 3. The van der Waals surface area contributed by atoms with E-state index in [4.69, 9.17) is 0 Å². The average Bonchev–Trinajstić information content (AvgIpc) is 2.96. The highest BCUT2D eigenvalue weighted by molar-refractivity contribution is 9.11. The number of hydrogen-bond acceptors (Lipinski definition) is 1. The number of fused-ring (bicyclic) bond motifs is 3. The average molecular weight is 442 g/mol. The van der Waals surface area contributed by atoms with Gasteiger partial charge in [-0.2, -0.15) is 0 Å². The maximum Gasteiger partial charge on any atom is 0.0464 e. The summed E-state index contributed by atoms with van der Waals surface area (Å²) in [6.07, 6.45) is 6.94. The highest BCUT2D eigenvalue weighted by Gasteiger charge is 2.45. The number of benzene rings is 3. The minimum Gasteiger partial charge on any atom is -0.310 e. The van der Waals surface area contributed by atoms with Crippen LogP contribution < -0.4 is 4.90 Å². The van der Waals surface area contributed by atoms with Gasteiger partial charge >= 0.3 is 0 Å². The fourth-order valence-corrected chi connectivity index (χ4v) is 5.35. The van der Waals surface area contributed by atoms with Crippen molar-refractivity contribution in [2.24, 2.45) is 5.92 Å². The minimum absolute atomic E-state index is 0.0822. The Bertz CT molecular complexity index is 1060. The van der Waals surface area contributed by atoms with Gasteiger partial charge in [0.05, 0.1) is 0 Å². The number of nitrogens with zero attached hydrogens (tertiary/aromatic N) is 1. The number of hydrogen-bond donors (Lipinski definition) is 0. The molecule has 0 heterocycles. The van der Waals surface area contributed by atoms with Crippen molar-refractivity contribution in [2.75, 3.05) is 4.90 Å². The monoisotopic (exact) mass is 441 g/mol. The van der Waals surface area contributed by atoms with Crippen molar-refractivity contribution in [1.29, 1.82) is 0 Å². The van der Waals surface area contributed by atoms with E-state index in [1.807, 2.05) is 0 Å². The maximum absolute atomic E-state index is 3.69. The lowest BCUT2D eigenvalue weighted by Gasteiger charge is -2.31. The van der Waals surface area contributed by atoms with Gasteiger partial charge in [0.2, 0.25) is 0 Å². The topological polar surface area (TPSA) is 3.24 Å². The van der Waals surface area contributed by atoms with Crippen LogP contribution in [0.2, 0.25) is 0 Å². The molecule has 2 heteroatoms. The van der Waals surface area contributed by atoms with Gasteiger partial charge in [-0.05, 0) is 58.9 Å². The van der Waals surface area contributed by atoms with Gasteiger partial charge in [0.15, 0.2) is 0 Å². The fourth-order valence-electron chi connectivity index (χ4n) is 4.91. The molecule has 5 rings (SSSR count). The van der Waals surface area contributed by atoms with E-state index in [-0.39, 0.29) is 5.41 Å². The molecule has 0 amide bonds. The Morgan fingerprint density at radius 3 is 2.03 bits per heavy atom. The van der Waals surface area contributed by atoms with E-state index in [0.717, 1.165) is 0 Å². The third-order valence-corrected chi connectivity index (χ3v) is 6.93. The lowest BCUT2D eigenvalue weighted by atomic mass is 9.74. The van der Waals surface area contributed by atoms with E-state index < -0.39 is 0 Å². The Morgan fingerprint density at radius 1 is 0.793 bits per heavy atom. The molecular weight excluding hydrogens is 418 g/mol. The first kappa shape index (κ1) is 18.4. The van der Waals surface area contributed by atoms with E-state index in [1.54, 1.807) is 0 Å². The molecule has 0 aromatic heterocycles. The summed E-state index contributed by atoms with van der Waals surface area (Å²) in [7, 11) is 0. The van der Waals surface area contributed by atoms with Crippen LogP contribution in [0.15, 0.2) is 102 Å². The van der Waals surface area contributed by atoms with Gasteiger partial charge in [-0.3, -0.25) is 0 Å². The molecule has 2 aliphatic carbocycles. The highest BCUT2D eigenvalue weighted by Crippen LogP contribution is 2.55. The van der Waals surface area contributed by atoms with Crippen molar-refractivity contribution in [3.63, 3.8) is 0 Å². The Hall–Kier alpha value is -2.58. The van der Waals surface area contributed by atoms with E-state index >= 15 is 0 Å². The van der Waals surface area contributed by atoms with E-state index in [2.05, 4.69) is 132 Å². The number of para-hydroxylation sites is 2. The van der Waals surface area contributed by atoms with Crippen LogP contribution in [0.1, 0.15) is 30.9 Å². The number of halogens is 1. The van der Waals surface area contributed by atoms with Gasteiger partial charge < -0.3 is 4.90 Å². The summed E-state index contributed by atoms with van der Waals surface area (Å²) < 4.78 is 1.19. The Labute approximate surface area is 181 Å². The molecule has 0 fully saturated rings. The van der Waals surface area contributed by atoms with Crippen LogP contribution in [0.4, 0.5) is 17.1 Å². The molecule has 29 heavy (non-hydrogen) atoms. The van der Waals surface area contributed by atoms with Crippen LogP contribution in [-0.4, -0.2) is 0 Å². The summed E-state index contributed by atoms with van der Waals surface area (Å²) in [6.45, 7) is 4.76. The van der Waals surface area contributed by atoms with Crippen molar-refractivity contribution >= 4 is 33.0 Å². The third kappa shape index (κ3) is 3.07. The molecule has 0 saturated heterocycles. The second-order valence-electron chi connectivity index (χ2n) is 8.46. The second kappa shape index (κ2) is 7.03. The first-order valence-electron chi connectivity index (χ1n) is 10.2. The van der Waals surface area contributed by atoms with Gasteiger partial charge in [0, 0.05) is 27.5 Å². The first-order valence-corrected chi connectivity index (χ1v) is 11.0. The van der Waals surface area contributed by atoms with Crippen molar-refractivity contribution < 1.29 is 0 Å². The lowest BCUT2D eigenvalue weighted by molar-refractivity contribution is 0.394. The molecule has 1 nitrogen and oxygen atoms in total. The molecule has 144 valence electrons. The van der Waals surface area contributed by atoms with E-state index in [0.29, 0.717) is 11.8 Å². The summed E-state index contributed by atoms with van der Waals surface area (Å²) >= 11 is 3.69. The molecule has 2 aliphatic rings. The Morgan fingerprint density at radius 2 is 1.41 bits per heavy atom. The molecular formula is C27H24BrN. The SMILES string of the molecule is CC1(C)c2cc(N(c3ccccc3)c3ccccc3)ccc2C2C=CC(Br)=CC21. The lowest BCUT2D eigenvalue weighted by Crippen LogP contribution is -2.25. The zero-order valence-corrected chi connectivity index (χ0v) is 18.3. The van der Waals surface area contributed by atoms with E-state index in [9.17, 15) is 0 Å². The van der Waals surface area contributed by atoms with Crippen LogP contribution in [0.25, 0.3) is 0 Å². The summed E-state index contributed by atoms with van der Waals surface area (Å²) in [4.78, 5) is 2.35. The van der Waals surface area contributed by atoms with Gasteiger partial charge in [-0.15, -0.1) is 0 Å². The summed E-state index contributed by atoms with van der Waals surface area (Å²) in [5.41, 5.74) is 6.55. The third-order valence-electron chi connectivity index (χ3n) is 6.40. The smallest absolute Gasteiger partial charge is 0.0464 e. The Kier molecular flexibility index (Phi) is 4.48. The molecule has 3 aromatic rings. The summed E-state index contributed by atoms with van der Waals surface area (Å²) in [6, 6.07) is 28.3. The molecule has 0 bridgehead atoms. The predicted molar refractivity (Wildman–Crippen MR) is 127 cm³/mol. The quantitative estimate of drug-likeness (QED) is 0.397. The molecule has 0 saturated carbocycles. The normalized spacial score (nSPS) is 21.3. The molecule has 2 atom stereocenters. The zero-order chi connectivity index (χ0) is 20.0. The van der Waals surface area contributed by atoms with Gasteiger partial charge in [0.1, 0.15) is 0 Å². The second-order valence-corrected chi connectivity index (χ2v) is 9.38. The highest BCUT2D eigenvalue weighted by atomic mass is 79.9. The standard InChI is InChI=1S/C27H24BrN/c1-27(2)25-17-19(28)13-15-23(25)24-16-14-22(18-26(24)27)29(20-9-5-3-6-10-20)21-11-7-4-8-12-21/h3-18,23,25H,1-2H3. The molecule has 3 aromatic carbocycles. The van der Waals surface area contributed by atoms with E-state index in [1.165, 1.54) is 32.7 Å². The molecule has 0 spiro atoms. The Balaban J connectivity index is 1.66. The largest absolute Gasteiger partial charge is 0.310 e. The van der Waals surface area contributed by atoms with Crippen molar-refractivity contribution in [1.82, 2.24) is 0 Å². The van der Waals surface area contributed by atoms with Crippen LogP contribution in [0.5, 0.6) is 0 Å². The zero-order valence-electron chi connectivity index (χ0n) is 16.7. The number of rotatable bonds is 3. The van der Waals surface area contributed by atoms with Crippen LogP contribution in [0.3, 0.4) is 0 Å². The molecule has 0 radical (unpaired) electrons. The van der Waals surface area contributed by atoms with Gasteiger partial charge in [-0.1, -0.05) is 90.5 Å². The molecule has 0 N–H and O–H groups in total. The minimum atomic E-state index is 0.0822. The van der Waals surface area contributed by atoms with Gasteiger partial charge in [0.25, 0.3) is 0 Å². The summed E-state index contributed by atoms with van der Waals surface area (Å²) in [5.74, 6) is 0.936. The van der Waals surface area contributed by atoms with Crippen molar-refractivity contribution in [3.05, 3.63) is 113 Å². The summed E-state index contributed by atoms with van der Waals surface area (Å²) in [5, 5.41) is 0. The van der Waals surface area contributed by atoms with Crippen LogP contribution in [-0.2, 0) is 5.41 Å². The van der Waals surface area contributed by atoms with Gasteiger partial charge in [-0.25, -0.2) is 0 Å². The molecule has 0 aliphatic heterocycles. The van der Waals surface area contributed by atoms with Crippen molar-refractivity contribution in [2.45, 2.75) is 25.2 Å². The maximum atomic E-state index is 3.69. The van der Waals surface area contributed by atoms with Crippen molar-refractivity contribution in [3.8, 4) is 0 Å². The predicted octanol–water partition coefficient (Wildman–Crippen LogP) is 8.00. The molecule has 2 unspecified atom stereocenters. The van der Waals surface area contributed by atoms with Crippen LogP contribution >= 0.6 is 15.9 Å².